The highest BCUT2D eigenvalue weighted by Gasteiger charge is 2.15. The van der Waals surface area contributed by atoms with Gasteiger partial charge in [-0.05, 0) is 19.1 Å². The van der Waals surface area contributed by atoms with Crippen LogP contribution in [-0.4, -0.2) is 37.2 Å². The Bertz CT molecular complexity index is 749. The number of nitrogens with one attached hydrogen (secondary N) is 1. The first-order valence-corrected chi connectivity index (χ1v) is 6.73. The number of rotatable bonds is 4. The highest BCUT2D eigenvalue weighted by molar-refractivity contribution is 6.03. The number of fused-ring (bicyclic) bond motifs is 3. The third kappa shape index (κ3) is 2.32. The van der Waals surface area contributed by atoms with E-state index in [0.29, 0.717) is 23.9 Å². The van der Waals surface area contributed by atoms with Crippen molar-refractivity contribution < 1.29 is 14.1 Å². The van der Waals surface area contributed by atoms with E-state index >= 15 is 0 Å². The molecule has 0 atom stereocenters. The Morgan fingerprint density at radius 3 is 2.80 bits per heavy atom. The lowest BCUT2D eigenvalue weighted by Crippen LogP contribution is -3.06. The molecule has 3 aromatic rings. The van der Waals surface area contributed by atoms with Gasteiger partial charge in [-0.3, -0.25) is 0 Å². The van der Waals surface area contributed by atoms with E-state index in [1.54, 1.807) is 0 Å². The second-order valence-corrected chi connectivity index (χ2v) is 5.16. The summed E-state index contributed by atoms with van der Waals surface area (Å²) in [5, 5.41) is 0.996. The normalized spacial score (nSPS) is 11.6. The van der Waals surface area contributed by atoms with Crippen LogP contribution < -0.4 is 9.64 Å². The third-order valence-corrected chi connectivity index (χ3v) is 3.14. The Balaban J connectivity index is 2.07. The van der Waals surface area contributed by atoms with E-state index < -0.39 is 0 Å². The quantitative estimate of drug-likeness (QED) is 0.775. The molecule has 0 amide bonds. The summed E-state index contributed by atoms with van der Waals surface area (Å²) in [6, 6.07) is 7.85. The van der Waals surface area contributed by atoms with Crippen molar-refractivity contribution >= 4 is 22.1 Å². The van der Waals surface area contributed by atoms with Gasteiger partial charge in [0, 0.05) is 5.39 Å². The highest BCUT2D eigenvalue weighted by atomic mass is 16.5. The molecule has 20 heavy (non-hydrogen) atoms. The summed E-state index contributed by atoms with van der Waals surface area (Å²) in [6.45, 7) is 3.38. The van der Waals surface area contributed by atoms with Gasteiger partial charge in [-0.15, -0.1) is 0 Å². The summed E-state index contributed by atoms with van der Waals surface area (Å²) >= 11 is 0. The number of nitrogens with zero attached hydrogens (tertiary/aromatic N) is 2. The predicted molar refractivity (Wildman–Crippen MR) is 77.2 cm³/mol. The summed E-state index contributed by atoms with van der Waals surface area (Å²) < 4.78 is 11.6. The van der Waals surface area contributed by atoms with Crippen LogP contribution in [0.25, 0.3) is 22.1 Å². The van der Waals surface area contributed by atoms with E-state index in [4.69, 9.17) is 9.15 Å². The van der Waals surface area contributed by atoms with E-state index in [0.717, 1.165) is 23.0 Å². The molecule has 2 heterocycles. The summed E-state index contributed by atoms with van der Waals surface area (Å²) in [4.78, 5) is 10.2. The minimum absolute atomic E-state index is 0.532. The molecule has 0 radical (unpaired) electrons. The van der Waals surface area contributed by atoms with Crippen LogP contribution in [0.5, 0.6) is 5.88 Å². The number of aromatic nitrogens is 2. The fourth-order valence-electron chi connectivity index (χ4n) is 2.12. The first kappa shape index (κ1) is 12.9. The van der Waals surface area contributed by atoms with Crippen molar-refractivity contribution in [2.24, 2.45) is 0 Å². The molecule has 0 aliphatic rings. The second kappa shape index (κ2) is 5.09. The van der Waals surface area contributed by atoms with Crippen LogP contribution in [-0.2, 0) is 0 Å². The fourth-order valence-corrected chi connectivity index (χ4v) is 2.12. The maximum atomic E-state index is 5.84. The van der Waals surface area contributed by atoms with E-state index in [9.17, 15) is 0 Å². The van der Waals surface area contributed by atoms with Crippen LogP contribution >= 0.6 is 0 Å². The van der Waals surface area contributed by atoms with Gasteiger partial charge in [-0.1, -0.05) is 12.1 Å². The maximum Gasteiger partial charge on any atom is 0.262 e. The monoisotopic (exact) mass is 272 g/mol. The van der Waals surface area contributed by atoms with Crippen molar-refractivity contribution in [2.45, 2.75) is 6.92 Å². The van der Waals surface area contributed by atoms with Crippen LogP contribution in [0.15, 0.2) is 28.7 Å². The maximum absolute atomic E-state index is 5.84. The number of likely N-dealkylation sites (N-methyl/N-ethyl adjacent to an activating group) is 1. The Labute approximate surface area is 117 Å². The van der Waals surface area contributed by atoms with Gasteiger partial charge < -0.3 is 14.1 Å². The van der Waals surface area contributed by atoms with Gasteiger partial charge >= 0.3 is 0 Å². The van der Waals surface area contributed by atoms with Gasteiger partial charge in [-0.2, -0.15) is 4.98 Å². The van der Waals surface area contributed by atoms with Crippen LogP contribution in [0, 0.1) is 6.92 Å². The third-order valence-electron chi connectivity index (χ3n) is 3.14. The molecular weight excluding hydrogens is 254 g/mol. The molecule has 2 aromatic heterocycles. The standard InChI is InChI=1S/C15H17N3O2/c1-10-16-13-11-6-4-5-7-12(11)20-14(13)15(17-10)19-9-8-18(2)3/h4-7H,8-9H2,1-3H3/p+1. The zero-order valence-electron chi connectivity index (χ0n) is 11.9. The number of benzene rings is 1. The van der Waals surface area contributed by atoms with Crippen molar-refractivity contribution in [3.05, 3.63) is 30.1 Å². The molecule has 1 aromatic carbocycles. The van der Waals surface area contributed by atoms with Crippen molar-refractivity contribution in [1.29, 1.82) is 0 Å². The number of furan rings is 1. The lowest BCUT2D eigenvalue weighted by Gasteiger charge is -2.08. The van der Waals surface area contributed by atoms with Gasteiger partial charge in [0.1, 0.15) is 30.1 Å². The SMILES string of the molecule is Cc1nc(OCC[NH+](C)C)c2oc3ccccc3c2n1. The second-order valence-electron chi connectivity index (χ2n) is 5.16. The zero-order valence-corrected chi connectivity index (χ0v) is 11.9. The average molecular weight is 272 g/mol. The molecule has 5 heteroatoms. The van der Waals surface area contributed by atoms with Crippen LogP contribution in [0.2, 0.25) is 0 Å². The molecular formula is C15H18N3O2+. The summed E-state index contributed by atoms with van der Waals surface area (Å²) in [5.74, 6) is 1.22. The van der Waals surface area contributed by atoms with Gasteiger partial charge in [0.2, 0.25) is 5.58 Å². The minimum atomic E-state index is 0.532. The first-order valence-electron chi connectivity index (χ1n) is 6.73. The predicted octanol–water partition coefficient (Wildman–Crippen LogP) is 1.21. The Morgan fingerprint density at radius 2 is 2.00 bits per heavy atom. The molecule has 1 N–H and O–H groups in total. The summed E-state index contributed by atoms with van der Waals surface area (Å²) in [7, 11) is 4.18. The van der Waals surface area contributed by atoms with Gasteiger partial charge in [0.25, 0.3) is 5.88 Å². The van der Waals surface area contributed by atoms with Crippen LogP contribution in [0.3, 0.4) is 0 Å². The number of para-hydroxylation sites is 1. The number of ether oxygens (including phenoxy) is 1. The molecule has 0 aliphatic heterocycles. The minimum Gasteiger partial charge on any atom is -0.469 e. The number of hydrogen-bond donors (Lipinski definition) is 1. The lowest BCUT2D eigenvalue weighted by molar-refractivity contribution is -0.858. The molecule has 0 spiro atoms. The molecule has 0 unspecified atom stereocenters. The van der Waals surface area contributed by atoms with E-state index in [2.05, 4.69) is 24.1 Å². The van der Waals surface area contributed by atoms with Crippen LogP contribution in [0.1, 0.15) is 5.82 Å². The zero-order chi connectivity index (χ0) is 14.1. The molecule has 0 bridgehead atoms. The highest BCUT2D eigenvalue weighted by Crippen LogP contribution is 2.31. The van der Waals surface area contributed by atoms with Crippen molar-refractivity contribution in [3.63, 3.8) is 0 Å². The Kier molecular flexibility index (Phi) is 3.28. The van der Waals surface area contributed by atoms with Gasteiger partial charge in [0.15, 0.2) is 0 Å². The topological polar surface area (TPSA) is 52.6 Å². The largest absolute Gasteiger partial charge is 0.469 e. The van der Waals surface area contributed by atoms with E-state index in [1.165, 1.54) is 4.90 Å². The summed E-state index contributed by atoms with van der Waals surface area (Å²) in [5.41, 5.74) is 2.26. The number of aryl methyl sites for hydroxylation is 1. The van der Waals surface area contributed by atoms with Crippen molar-refractivity contribution in [2.75, 3.05) is 27.2 Å². The molecule has 3 rings (SSSR count). The van der Waals surface area contributed by atoms with Crippen LogP contribution in [0.4, 0.5) is 0 Å². The van der Waals surface area contributed by atoms with E-state index in [1.807, 2.05) is 31.2 Å². The van der Waals surface area contributed by atoms with Crippen molar-refractivity contribution in [1.82, 2.24) is 9.97 Å². The van der Waals surface area contributed by atoms with Gasteiger partial charge in [-0.25, -0.2) is 4.98 Å². The Hall–Kier alpha value is -2.14. The molecule has 104 valence electrons. The smallest absolute Gasteiger partial charge is 0.262 e. The Morgan fingerprint density at radius 1 is 1.20 bits per heavy atom. The lowest BCUT2D eigenvalue weighted by atomic mass is 10.2. The average Bonchev–Trinajstić information content (AvgIpc) is 2.77. The fraction of sp³-hybridized carbons (Fsp3) is 0.333. The number of quaternary nitrogens is 1. The molecule has 5 nitrogen and oxygen atoms in total. The van der Waals surface area contributed by atoms with E-state index in [-0.39, 0.29) is 0 Å². The number of hydrogen-bond acceptors (Lipinski definition) is 4. The van der Waals surface area contributed by atoms with Gasteiger partial charge in [0.05, 0.1) is 14.1 Å². The molecule has 0 saturated heterocycles. The summed E-state index contributed by atoms with van der Waals surface area (Å²) in [6.07, 6.45) is 0. The van der Waals surface area contributed by atoms with Crippen molar-refractivity contribution in [3.8, 4) is 5.88 Å². The molecule has 0 fully saturated rings. The first-order chi connectivity index (χ1) is 9.65. The molecule has 0 aliphatic carbocycles. The molecule has 0 saturated carbocycles.